The molecule has 1 fully saturated rings. The summed E-state index contributed by atoms with van der Waals surface area (Å²) in [5.74, 6) is -0.258. The van der Waals surface area contributed by atoms with Gasteiger partial charge >= 0.3 is 6.03 Å². The first kappa shape index (κ1) is 19.3. The van der Waals surface area contributed by atoms with Crippen molar-refractivity contribution in [2.24, 2.45) is 0 Å². The lowest BCUT2D eigenvalue weighted by Crippen LogP contribution is -2.27. The van der Waals surface area contributed by atoms with Crippen LogP contribution in [0.5, 0.6) is 0 Å². The standard InChI is InChI=1S/C23H21N5O2/c24-11-4-13-27-16-17(20-7-1-2-8-21(20)27)9-10-22(29)26-18-5-3-6-19(15-18)28-14-12-25-23(28)30/h1-3,5-10,15-16H,4,12-14H2,(H,25,30)(H,26,29)/b10-9+. The fraction of sp³-hybridized carbons (Fsp3) is 0.174. The van der Waals surface area contributed by atoms with Crippen LogP contribution in [0.15, 0.2) is 60.8 Å². The van der Waals surface area contributed by atoms with E-state index in [9.17, 15) is 9.59 Å². The number of nitrogens with one attached hydrogen (secondary N) is 2. The highest BCUT2D eigenvalue weighted by Gasteiger charge is 2.21. The Balaban J connectivity index is 1.50. The van der Waals surface area contributed by atoms with Gasteiger partial charge in [-0.3, -0.25) is 9.69 Å². The van der Waals surface area contributed by atoms with Crippen LogP contribution in [0.2, 0.25) is 0 Å². The summed E-state index contributed by atoms with van der Waals surface area (Å²) < 4.78 is 2.03. The van der Waals surface area contributed by atoms with Crippen molar-refractivity contribution in [2.75, 3.05) is 23.3 Å². The molecule has 1 aliphatic heterocycles. The third-order valence-electron chi connectivity index (χ3n) is 4.98. The van der Waals surface area contributed by atoms with Crippen molar-refractivity contribution in [3.63, 3.8) is 0 Å². The molecular weight excluding hydrogens is 378 g/mol. The lowest BCUT2D eigenvalue weighted by atomic mass is 10.1. The summed E-state index contributed by atoms with van der Waals surface area (Å²) in [7, 11) is 0. The van der Waals surface area contributed by atoms with Gasteiger partial charge in [0.15, 0.2) is 0 Å². The van der Waals surface area contributed by atoms with Gasteiger partial charge in [-0.1, -0.05) is 24.3 Å². The number of aryl methyl sites for hydroxylation is 1. The Morgan fingerprint density at radius 2 is 2.10 bits per heavy atom. The molecule has 0 bridgehead atoms. The maximum Gasteiger partial charge on any atom is 0.321 e. The lowest BCUT2D eigenvalue weighted by molar-refractivity contribution is -0.111. The zero-order valence-corrected chi connectivity index (χ0v) is 16.3. The topological polar surface area (TPSA) is 90.2 Å². The quantitative estimate of drug-likeness (QED) is 0.619. The van der Waals surface area contributed by atoms with Gasteiger partial charge in [0.2, 0.25) is 5.91 Å². The monoisotopic (exact) mass is 399 g/mol. The second-order valence-electron chi connectivity index (χ2n) is 6.96. The molecule has 2 N–H and O–H groups in total. The molecule has 3 amide bonds. The smallest absolute Gasteiger partial charge is 0.321 e. The number of carbonyl (C=O) groups is 2. The Kier molecular flexibility index (Phi) is 5.48. The molecule has 0 saturated carbocycles. The first-order valence-corrected chi connectivity index (χ1v) is 9.75. The molecule has 7 nitrogen and oxygen atoms in total. The second kappa shape index (κ2) is 8.53. The van der Waals surface area contributed by atoms with Crippen LogP contribution >= 0.6 is 0 Å². The average molecular weight is 399 g/mol. The van der Waals surface area contributed by atoms with Crippen molar-refractivity contribution in [3.05, 3.63) is 66.4 Å². The van der Waals surface area contributed by atoms with Crippen LogP contribution in [0.4, 0.5) is 16.2 Å². The summed E-state index contributed by atoms with van der Waals surface area (Å²) in [4.78, 5) is 25.9. The number of amides is 3. The van der Waals surface area contributed by atoms with Gasteiger partial charge in [-0.05, 0) is 30.3 Å². The number of para-hydroxylation sites is 1. The van der Waals surface area contributed by atoms with E-state index in [-0.39, 0.29) is 11.9 Å². The van der Waals surface area contributed by atoms with Gasteiger partial charge in [0.25, 0.3) is 0 Å². The van der Waals surface area contributed by atoms with Crippen LogP contribution in [-0.4, -0.2) is 29.6 Å². The molecule has 0 spiro atoms. The zero-order chi connectivity index (χ0) is 20.9. The largest absolute Gasteiger partial charge is 0.346 e. The number of benzene rings is 2. The Morgan fingerprint density at radius 3 is 2.90 bits per heavy atom. The molecule has 150 valence electrons. The number of urea groups is 1. The molecule has 1 aromatic heterocycles. The van der Waals surface area contributed by atoms with Crippen LogP contribution in [0.3, 0.4) is 0 Å². The highest BCUT2D eigenvalue weighted by atomic mass is 16.2. The molecule has 3 aromatic rings. The Morgan fingerprint density at radius 1 is 1.23 bits per heavy atom. The maximum atomic E-state index is 12.5. The molecule has 7 heteroatoms. The number of nitriles is 1. The molecule has 1 saturated heterocycles. The highest BCUT2D eigenvalue weighted by molar-refractivity contribution is 6.04. The molecule has 2 aromatic carbocycles. The van der Waals surface area contributed by atoms with Gasteiger partial charge in [0.05, 0.1) is 12.5 Å². The molecule has 2 heterocycles. The van der Waals surface area contributed by atoms with E-state index in [0.29, 0.717) is 31.7 Å². The van der Waals surface area contributed by atoms with E-state index in [2.05, 4.69) is 16.7 Å². The molecule has 0 atom stereocenters. The third-order valence-corrected chi connectivity index (χ3v) is 4.98. The normalized spacial score (nSPS) is 13.6. The van der Waals surface area contributed by atoms with E-state index in [1.54, 1.807) is 23.1 Å². The van der Waals surface area contributed by atoms with Gasteiger partial charge in [-0.25, -0.2) is 4.79 Å². The minimum atomic E-state index is -0.258. The van der Waals surface area contributed by atoms with Crippen molar-refractivity contribution in [2.45, 2.75) is 13.0 Å². The number of anilines is 2. The third kappa shape index (κ3) is 4.03. The molecular formula is C23H21N5O2. The van der Waals surface area contributed by atoms with Crippen molar-refractivity contribution in [1.29, 1.82) is 5.26 Å². The summed E-state index contributed by atoms with van der Waals surface area (Å²) in [6, 6.07) is 17.2. The van der Waals surface area contributed by atoms with Crippen molar-refractivity contribution in [3.8, 4) is 6.07 Å². The number of carbonyl (C=O) groups excluding carboxylic acids is 2. The number of rotatable bonds is 6. The van der Waals surface area contributed by atoms with Gasteiger partial charge in [0, 0.05) is 59.7 Å². The Bertz CT molecular complexity index is 1170. The Labute approximate surface area is 174 Å². The van der Waals surface area contributed by atoms with E-state index in [1.165, 1.54) is 6.08 Å². The van der Waals surface area contributed by atoms with Crippen LogP contribution in [0.1, 0.15) is 12.0 Å². The SMILES string of the molecule is N#CCCn1cc(/C=C/C(=O)Nc2cccc(N3CCNC3=O)c2)c2ccccc21. The molecule has 4 rings (SSSR count). The van der Waals surface area contributed by atoms with E-state index in [1.807, 2.05) is 47.2 Å². The number of aromatic nitrogens is 1. The summed E-state index contributed by atoms with van der Waals surface area (Å²) in [6.45, 7) is 1.82. The average Bonchev–Trinajstić information content (AvgIpc) is 3.34. The number of hydrogen-bond acceptors (Lipinski definition) is 3. The van der Waals surface area contributed by atoms with Crippen molar-refractivity contribution >= 4 is 40.3 Å². The Hall–Kier alpha value is -4.05. The lowest BCUT2D eigenvalue weighted by Gasteiger charge is -2.15. The summed E-state index contributed by atoms with van der Waals surface area (Å²) in [5.41, 5.74) is 3.32. The van der Waals surface area contributed by atoms with Crippen LogP contribution in [0.25, 0.3) is 17.0 Å². The van der Waals surface area contributed by atoms with Gasteiger partial charge < -0.3 is 15.2 Å². The summed E-state index contributed by atoms with van der Waals surface area (Å²) in [5, 5.41) is 15.5. The van der Waals surface area contributed by atoms with Gasteiger partial charge in [0.1, 0.15) is 0 Å². The van der Waals surface area contributed by atoms with Gasteiger partial charge in [-0.2, -0.15) is 5.26 Å². The van der Waals surface area contributed by atoms with E-state index < -0.39 is 0 Å². The fourth-order valence-corrected chi connectivity index (χ4v) is 3.58. The molecule has 1 aliphatic rings. The van der Waals surface area contributed by atoms with Crippen molar-refractivity contribution in [1.82, 2.24) is 9.88 Å². The minimum Gasteiger partial charge on any atom is -0.346 e. The first-order valence-electron chi connectivity index (χ1n) is 9.75. The summed E-state index contributed by atoms with van der Waals surface area (Å²) in [6.07, 6.45) is 5.65. The molecule has 0 unspecified atom stereocenters. The highest BCUT2D eigenvalue weighted by Crippen LogP contribution is 2.24. The second-order valence-corrected chi connectivity index (χ2v) is 6.96. The van der Waals surface area contributed by atoms with Crippen molar-refractivity contribution < 1.29 is 9.59 Å². The van der Waals surface area contributed by atoms with Crippen LogP contribution < -0.4 is 15.5 Å². The predicted molar refractivity (Wildman–Crippen MR) is 117 cm³/mol. The van der Waals surface area contributed by atoms with E-state index in [4.69, 9.17) is 5.26 Å². The van der Waals surface area contributed by atoms with E-state index >= 15 is 0 Å². The number of fused-ring (bicyclic) bond motifs is 1. The fourth-order valence-electron chi connectivity index (χ4n) is 3.58. The molecule has 0 radical (unpaired) electrons. The number of nitrogens with zero attached hydrogens (tertiary/aromatic N) is 3. The summed E-state index contributed by atoms with van der Waals surface area (Å²) >= 11 is 0. The first-order chi connectivity index (χ1) is 14.7. The zero-order valence-electron chi connectivity index (χ0n) is 16.3. The van der Waals surface area contributed by atoms with E-state index in [0.717, 1.165) is 22.2 Å². The minimum absolute atomic E-state index is 0.133. The van der Waals surface area contributed by atoms with Gasteiger partial charge in [-0.15, -0.1) is 0 Å². The van der Waals surface area contributed by atoms with Crippen LogP contribution in [0, 0.1) is 11.3 Å². The van der Waals surface area contributed by atoms with Crippen LogP contribution in [-0.2, 0) is 11.3 Å². The number of hydrogen-bond donors (Lipinski definition) is 2. The predicted octanol–water partition coefficient (Wildman–Crippen LogP) is 3.74. The maximum absolute atomic E-state index is 12.5. The molecule has 30 heavy (non-hydrogen) atoms. The molecule has 0 aliphatic carbocycles.